The van der Waals surface area contributed by atoms with E-state index in [2.05, 4.69) is 84.5 Å². The van der Waals surface area contributed by atoms with Crippen molar-refractivity contribution in [1.82, 2.24) is 9.97 Å². The van der Waals surface area contributed by atoms with Gasteiger partial charge in [0.25, 0.3) is 0 Å². The molecule has 2 nitrogen and oxygen atoms in total. The summed E-state index contributed by atoms with van der Waals surface area (Å²) in [6.07, 6.45) is 3.75. The zero-order valence-electron chi connectivity index (χ0n) is 12.5. The van der Waals surface area contributed by atoms with Gasteiger partial charge < -0.3 is 0 Å². The van der Waals surface area contributed by atoms with Crippen LogP contribution in [0.5, 0.6) is 0 Å². The quantitative estimate of drug-likeness (QED) is 0.584. The van der Waals surface area contributed by atoms with Gasteiger partial charge in [0, 0.05) is 16.0 Å². The highest BCUT2D eigenvalue weighted by molar-refractivity contribution is 14.1. The first-order chi connectivity index (χ1) is 9.49. The first kappa shape index (κ1) is 15.6. The van der Waals surface area contributed by atoms with Crippen LogP contribution < -0.4 is 10.6 Å². The summed E-state index contributed by atoms with van der Waals surface area (Å²) in [4.78, 5) is 9.28. The fourth-order valence-electron chi connectivity index (χ4n) is 3.22. The maximum atomic E-state index is 4.64. The normalized spacial score (nSPS) is 12.2. The van der Waals surface area contributed by atoms with Crippen molar-refractivity contribution in [3.05, 3.63) is 46.3 Å². The summed E-state index contributed by atoms with van der Waals surface area (Å²) in [7, 11) is -1.95. The highest BCUT2D eigenvalue weighted by Gasteiger charge is 2.46. The molecule has 0 unspecified atom stereocenters. The van der Waals surface area contributed by atoms with Crippen LogP contribution >= 0.6 is 22.6 Å². The van der Waals surface area contributed by atoms with Gasteiger partial charge in [0.1, 0.15) is 5.45 Å². The fraction of sp³-hybridized carbons (Fsp3) is 0.375. The molecule has 0 aliphatic heterocycles. The number of benzene rings is 1. The molecule has 0 saturated heterocycles. The minimum atomic E-state index is -1.95. The van der Waals surface area contributed by atoms with Crippen LogP contribution in [-0.2, 0) is 0 Å². The van der Waals surface area contributed by atoms with Gasteiger partial charge in [-0.05, 0) is 57.1 Å². The molecule has 1 aromatic carbocycles. The lowest BCUT2D eigenvalue weighted by atomic mass is 10.4. The van der Waals surface area contributed by atoms with Gasteiger partial charge in [-0.3, -0.25) is 0 Å². The molecular weight excluding hydrogens is 375 g/mol. The first-order valence-electron chi connectivity index (χ1n) is 7.03. The summed E-state index contributed by atoms with van der Waals surface area (Å²) in [6.45, 7) is 9.28. The largest absolute Gasteiger partial charge is 0.246 e. The third-order valence-corrected chi connectivity index (χ3v) is 10.7. The monoisotopic (exact) mass is 396 g/mol. The van der Waals surface area contributed by atoms with Crippen molar-refractivity contribution in [1.29, 1.82) is 0 Å². The van der Waals surface area contributed by atoms with E-state index in [9.17, 15) is 0 Å². The molecule has 2 rings (SSSR count). The van der Waals surface area contributed by atoms with Crippen LogP contribution in [0.3, 0.4) is 0 Å². The van der Waals surface area contributed by atoms with Crippen LogP contribution in [0.2, 0.25) is 11.1 Å². The fourth-order valence-corrected chi connectivity index (χ4v) is 8.83. The lowest BCUT2D eigenvalue weighted by molar-refractivity contribution is 0.916. The molecule has 2 aromatic rings. The Bertz CT molecular complexity index is 544. The van der Waals surface area contributed by atoms with E-state index >= 15 is 0 Å². The Labute approximate surface area is 136 Å². The van der Waals surface area contributed by atoms with E-state index in [1.807, 2.05) is 18.5 Å². The van der Waals surface area contributed by atoms with Crippen LogP contribution in [0, 0.1) is 3.57 Å². The Morgan fingerprint density at radius 3 is 1.85 bits per heavy atom. The molecule has 20 heavy (non-hydrogen) atoms. The van der Waals surface area contributed by atoms with Crippen LogP contribution in [0.15, 0.2) is 42.7 Å². The molecule has 0 aliphatic rings. The zero-order chi connectivity index (χ0) is 14.8. The summed E-state index contributed by atoms with van der Waals surface area (Å²) in [5.74, 6) is 0. The second-order valence-electron chi connectivity index (χ2n) is 5.76. The van der Waals surface area contributed by atoms with Gasteiger partial charge in [0.15, 0.2) is 8.07 Å². The molecule has 0 N–H and O–H groups in total. The van der Waals surface area contributed by atoms with Gasteiger partial charge in [0.05, 0.1) is 0 Å². The number of rotatable bonds is 4. The molecule has 1 heterocycles. The molecule has 0 atom stereocenters. The maximum Gasteiger partial charge on any atom is 0.170 e. The average molecular weight is 396 g/mol. The predicted octanol–water partition coefficient (Wildman–Crippen LogP) is 3.46. The number of halogens is 1. The Morgan fingerprint density at radius 2 is 1.40 bits per heavy atom. The average Bonchev–Trinajstić information content (AvgIpc) is 2.42. The smallest absolute Gasteiger partial charge is 0.170 e. The van der Waals surface area contributed by atoms with E-state index in [0.717, 1.165) is 5.45 Å². The summed E-state index contributed by atoms with van der Waals surface area (Å²) in [5, 5.41) is 1.44. The summed E-state index contributed by atoms with van der Waals surface area (Å²) < 4.78 is 1.27. The predicted molar refractivity (Wildman–Crippen MR) is 96.4 cm³/mol. The van der Waals surface area contributed by atoms with Crippen molar-refractivity contribution >= 4 is 41.3 Å². The van der Waals surface area contributed by atoms with Crippen LogP contribution in [-0.4, -0.2) is 18.0 Å². The topological polar surface area (TPSA) is 25.8 Å². The van der Waals surface area contributed by atoms with Gasteiger partial charge in [-0.2, -0.15) is 0 Å². The molecular formula is C16H21IN2Si. The van der Waals surface area contributed by atoms with E-state index in [4.69, 9.17) is 0 Å². The third kappa shape index (κ3) is 2.68. The minimum absolute atomic E-state index is 0.560. The second-order valence-corrected chi connectivity index (χ2v) is 12.1. The molecule has 0 bridgehead atoms. The number of hydrogen-bond donors (Lipinski definition) is 0. The lowest BCUT2D eigenvalue weighted by Gasteiger charge is -2.38. The van der Waals surface area contributed by atoms with E-state index < -0.39 is 8.07 Å². The van der Waals surface area contributed by atoms with E-state index in [-0.39, 0.29) is 0 Å². The SMILES string of the molecule is CC(C)[Si](c1ccc(I)cc1)(c1ncccn1)C(C)C. The molecule has 0 amide bonds. The van der Waals surface area contributed by atoms with Gasteiger partial charge in [0.2, 0.25) is 0 Å². The van der Waals surface area contributed by atoms with Crippen molar-refractivity contribution < 1.29 is 0 Å². The van der Waals surface area contributed by atoms with Crippen LogP contribution in [0.1, 0.15) is 27.7 Å². The molecule has 0 spiro atoms. The molecule has 0 radical (unpaired) electrons. The van der Waals surface area contributed by atoms with Gasteiger partial charge >= 0.3 is 0 Å². The van der Waals surface area contributed by atoms with Gasteiger partial charge in [-0.1, -0.05) is 39.8 Å². The molecule has 0 aliphatic carbocycles. The zero-order valence-corrected chi connectivity index (χ0v) is 15.6. The number of aromatic nitrogens is 2. The Balaban J connectivity index is 2.69. The molecule has 0 saturated carbocycles. The Hall–Kier alpha value is -0.753. The van der Waals surface area contributed by atoms with Crippen molar-refractivity contribution in [2.45, 2.75) is 38.8 Å². The van der Waals surface area contributed by atoms with E-state index in [0.29, 0.717) is 11.1 Å². The van der Waals surface area contributed by atoms with E-state index in [1.165, 1.54) is 8.76 Å². The van der Waals surface area contributed by atoms with Crippen LogP contribution in [0.4, 0.5) is 0 Å². The van der Waals surface area contributed by atoms with Crippen molar-refractivity contribution in [2.75, 3.05) is 0 Å². The number of hydrogen-bond acceptors (Lipinski definition) is 2. The Morgan fingerprint density at radius 1 is 0.900 bits per heavy atom. The highest BCUT2D eigenvalue weighted by Crippen LogP contribution is 2.31. The van der Waals surface area contributed by atoms with Gasteiger partial charge in [-0.15, -0.1) is 0 Å². The van der Waals surface area contributed by atoms with Crippen molar-refractivity contribution in [3.8, 4) is 0 Å². The van der Waals surface area contributed by atoms with Crippen molar-refractivity contribution in [2.24, 2.45) is 0 Å². The third-order valence-electron chi connectivity index (χ3n) is 4.08. The summed E-state index contributed by atoms with van der Waals surface area (Å²) in [5.41, 5.74) is 2.18. The Kier molecular flexibility index (Phi) is 4.96. The first-order valence-corrected chi connectivity index (χ1v) is 10.3. The lowest BCUT2D eigenvalue weighted by Crippen LogP contribution is -2.64. The number of nitrogens with zero attached hydrogens (tertiary/aromatic N) is 2. The molecule has 0 fully saturated rings. The highest BCUT2D eigenvalue weighted by atomic mass is 127. The summed E-state index contributed by atoms with van der Waals surface area (Å²) >= 11 is 2.36. The second kappa shape index (κ2) is 6.35. The molecule has 106 valence electrons. The summed E-state index contributed by atoms with van der Waals surface area (Å²) in [6, 6.07) is 10.9. The standard InChI is InChI=1S/C16H21IN2Si/c1-12(2)20(13(3)4,16-18-10-5-11-19-16)15-8-6-14(17)7-9-15/h5-13H,1-4H3. The van der Waals surface area contributed by atoms with Crippen molar-refractivity contribution in [3.63, 3.8) is 0 Å². The van der Waals surface area contributed by atoms with Crippen LogP contribution in [0.25, 0.3) is 0 Å². The maximum absolute atomic E-state index is 4.64. The van der Waals surface area contributed by atoms with Gasteiger partial charge in [-0.25, -0.2) is 9.97 Å². The molecule has 1 aromatic heterocycles. The van der Waals surface area contributed by atoms with E-state index in [1.54, 1.807) is 0 Å². The minimum Gasteiger partial charge on any atom is -0.246 e. The molecule has 4 heteroatoms.